The Balaban J connectivity index is 1.08. The molecule has 2 bridgehead atoms. The summed E-state index contributed by atoms with van der Waals surface area (Å²) in [6, 6.07) is 0. The maximum absolute atomic E-state index is 14.4. The van der Waals surface area contributed by atoms with E-state index < -0.39 is 90.8 Å². The Hall–Kier alpha value is -2.31. The first-order valence-electron chi connectivity index (χ1n) is 24.0. The average molecular weight is 899 g/mol. The summed E-state index contributed by atoms with van der Waals surface area (Å²) in [7, 11) is 3.23. The highest BCUT2D eigenvalue weighted by atomic mass is 16.7. The number of methoxy groups -OCH3 is 2. The zero-order valence-electron chi connectivity index (χ0n) is 39.0. The second kappa shape index (κ2) is 20.1. The number of ether oxygens (including phenoxy) is 10. The van der Waals surface area contributed by atoms with Gasteiger partial charge in [-0.25, -0.2) is 0 Å². The van der Waals surface area contributed by atoms with Crippen molar-refractivity contribution in [2.45, 2.75) is 203 Å². The molecule has 6 aliphatic heterocycles. The number of hydrogen-bond donors (Lipinski definition) is 3. The van der Waals surface area contributed by atoms with E-state index >= 15 is 0 Å². The molecule has 64 heavy (non-hydrogen) atoms. The second-order valence-corrected chi connectivity index (χ2v) is 20.0. The van der Waals surface area contributed by atoms with E-state index in [1.54, 1.807) is 40.2 Å². The maximum atomic E-state index is 14.4. The molecule has 5 fully saturated rings. The molecule has 0 aromatic carbocycles. The fourth-order valence-electron chi connectivity index (χ4n) is 11.7. The fourth-order valence-corrected chi connectivity index (χ4v) is 11.7. The summed E-state index contributed by atoms with van der Waals surface area (Å²) in [6.45, 7) is 11.9. The third-order valence-corrected chi connectivity index (χ3v) is 15.4. The number of aliphatic hydroxyl groups is 3. The van der Waals surface area contributed by atoms with Gasteiger partial charge in [0.05, 0.1) is 49.3 Å². The smallest absolute Gasteiger partial charge is 0.316 e. The molecule has 14 nitrogen and oxygen atoms in total. The zero-order chi connectivity index (χ0) is 45.5. The molecule has 6 heterocycles. The lowest BCUT2D eigenvalue weighted by Gasteiger charge is -2.49. The Kier molecular flexibility index (Phi) is 15.1. The SMILES string of the molecule is CO[C@H]1C[C@@H](O[C@@H]2[C@@H](C)O[C@@H](O[C@@H]3/C(C)=C/CC4C[C@@H](C[C@]5(C=C[C@@H](C)[C@H](C6CCCCC6)O5)O4)OC(=O)[C@@H]4C=C(C)[C@@H](O)[C@H]5OC/C(=C\C=C\[C@@H]3C)[C@]54O)C[C@H]2OC)O[C@@H](C)[C@@H]1O. The Morgan fingerprint density at radius 1 is 0.812 bits per heavy atom. The lowest BCUT2D eigenvalue weighted by Crippen LogP contribution is -2.58. The van der Waals surface area contributed by atoms with Gasteiger partial charge in [0.25, 0.3) is 0 Å². The van der Waals surface area contributed by atoms with Crippen molar-refractivity contribution in [3.8, 4) is 0 Å². The van der Waals surface area contributed by atoms with Crippen LogP contribution < -0.4 is 0 Å². The van der Waals surface area contributed by atoms with E-state index in [0.29, 0.717) is 49.2 Å². The van der Waals surface area contributed by atoms with Crippen molar-refractivity contribution >= 4 is 5.97 Å². The van der Waals surface area contributed by atoms with Gasteiger partial charge < -0.3 is 62.7 Å². The first-order valence-corrected chi connectivity index (χ1v) is 24.0. The van der Waals surface area contributed by atoms with Crippen LogP contribution in [0, 0.1) is 23.7 Å². The molecular weight excluding hydrogens is 825 g/mol. The van der Waals surface area contributed by atoms with Gasteiger partial charge in [-0.2, -0.15) is 0 Å². The van der Waals surface area contributed by atoms with Crippen LogP contribution in [0.5, 0.6) is 0 Å². The number of rotatable bonds is 7. The fraction of sp³-hybridized carbons (Fsp3) is 0.780. The van der Waals surface area contributed by atoms with Gasteiger partial charge in [-0.3, -0.25) is 4.79 Å². The summed E-state index contributed by atoms with van der Waals surface area (Å²) in [6.07, 6.45) is 13.8. The minimum Gasteiger partial charge on any atom is -0.462 e. The van der Waals surface area contributed by atoms with Gasteiger partial charge in [-0.15, -0.1) is 0 Å². The van der Waals surface area contributed by atoms with Crippen LogP contribution in [0.3, 0.4) is 0 Å². The Morgan fingerprint density at radius 3 is 2.28 bits per heavy atom. The van der Waals surface area contributed by atoms with Crippen molar-refractivity contribution in [1.82, 2.24) is 0 Å². The Labute approximate surface area is 379 Å². The molecule has 1 unspecified atom stereocenters. The average Bonchev–Trinajstić information content (AvgIpc) is 3.62. The number of carbonyl (C=O) groups is 1. The lowest BCUT2D eigenvalue weighted by atomic mass is 9.71. The number of esters is 1. The van der Waals surface area contributed by atoms with E-state index in [9.17, 15) is 20.1 Å². The summed E-state index contributed by atoms with van der Waals surface area (Å²) in [5.41, 5.74) is 0.166. The van der Waals surface area contributed by atoms with E-state index in [1.807, 2.05) is 25.2 Å². The van der Waals surface area contributed by atoms with Crippen LogP contribution in [0.1, 0.15) is 106 Å². The monoisotopic (exact) mass is 899 g/mol. The van der Waals surface area contributed by atoms with Crippen LogP contribution in [-0.4, -0.2) is 139 Å². The number of aliphatic hydroxyl groups excluding tert-OH is 2. The van der Waals surface area contributed by atoms with Crippen molar-refractivity contribution in [2.75, 3.05) is 20.8 Å². The maximum Gasteiger partial charge on any atom is 0.316 e. The molecule has 1 spiro atoms. The molecule has 3 N–H and O–H groups in total. The van der Waals surface area contributed by atoms with Gasteiger partial charge in [-0.05, 0) is 75.7 Å². The number of hydrogen-bond acceptors (Lipinski definition) is 14. The second-order valence-electron chi connectivity index (χ2n) is 20.0. The van der Waals surface area contributed by atoms with Crippen molar-refractivity contribution < 1.29 is 67.5 Å². The Morgan fingerprint density at radius 2 is 1.53 bits per heavy atom. The van der Waals surface area contributed by atoms with Gasteiger partial charge in [-0.1, -0.05) is 69.6 Å². The van der Waals surface area contributed by atoms with E-state index in [4.69, 9.17) is 47.4 Å². The molecule has 0 radical (unpaired) electrons. The van der Waals surface area contributed by atoms with Crippen molar-refractivity contribution in [3.05, 3.63) is 59.3 Å². The van der Waals surface area contributed by atoms with Crippen LogP contribution in [-0.2, 0) is 52.2 Å². The van der Waals surface area contributed by atoms with Crippen molar-refractivity contribution in [2.24, 2.45) is 23.7 Å². The largest absolute Gasteiger partial charge is 0.462 e. The molecular formula is C50H74O14. The normalized spacial score (nSPS) is 49.2. The van der Waals surface area contributed by atoms with Crippen LogP contribution in [0.2, 0.25) is 0 Å². The summed E-state index contributed by atoms with van der Waals surface area (Å²) in [5, 5.41) is 34.3. The summed E-state index contributed by atoms with van der Waals surface area (Å²) in [4.78, 5) is 14.4. The third kappa shape index (κ3) is 9.82. The third-order valence-electron chi connectivity index (χ3n) is 15.4. The molecule has 358 valence electrons. The van der Waals surface area contributed by atoms with E-state index in [-0.39, 0.29) is 36.8 Å². The molecule has 0 amide bonds. The van der Waals surface area contributed by atoms with Gasteiger partial charge in [0.2, 0.25) is 0 Å². The molecule has 0 aromatic heterocycles. The minimum atomic E-state index is -1.83. The predicted octanol–water partition coefficient (Wildman–Crippen LogP) is 5.91. The first kappa shape index (κ1) is 48.2. The molecule has 2 aliphatic carbocycles. The number of fused-ring (bicyclic) bond motifs is 2. The van der Waals surface area contributed by atoms with Gasteiger partial charge in [0.15, 0.2) is 18.4 Å². The predicted molar refractivity (Wildman–Crippen MR) is 234 cm³/mol. The van der Waals surface area contributed by atoms with E-state index in [0.717, 1.165) is 18.4 Å². The van der Waals surface area contributed by atoms with E-state index in [2.05, 4.69) is 32.9 Å². The zero-order valence-corrected chi connectivity index (χ0v) is 39.0. The number of carbonyl (C=O) groups excluding carboxylic acids is 1. The highest BCUT2D eigenvalue weighted by Gasteiger charge is 2.60. The van der Waals surface area contributed by atoms with Crippen molar-refractivity contribution in [1.29, 1.82) is 0 Å². The standard InChI is InChI=1S/C50H74O14/c1-27-13-12-16-34-26-57-47-42(51)30(4)21-37(50(34,47)54)48(53)60-36-22-35(63-49(25-36)20-19-29(3)45(64-49)33-14-10-9-11-15-33)18-17-28(2)44(27)61-41-24-39(56-8)46(32(6)59-41)62-40-23-38(55-7)43(52)31(5)58-40/h12-13,16-17,19-21,27,29,31-33,35-47,51-52,54H,9-11,14-15,18,22-26H2,1-8H3/b13-12+,28-17+,34-16+/t27-,29+,31-,32+,35?,36-,37-,38-,39+,40+,41-,42+,43-,44-,45+,46+,47+,49+,50+/m0/s1. The molecule has 19 atom stereocenters. The van der Waals surface area contributed by atoms with Crippen molar-refractivity contribution in [3.63, 3.8) is 0 Å². The minimum absolute atomic E-state index is 0.0242. The number of allylic oxidation sites excluding steroid dienone is 2. The highest BCUT2D eigenvalue weighted by molar-refractivity contribution is 5.78. The summed E-state index contributed by atoms with van der Waals surface area (Å²) in [5.74, 6) is -2.32. The molecule has 8 aliphatic rings. The molecule has 14 heteroatoms. The first-order chi connectivity index (χ1) is 30.6. The lowest BCUT2D eigenvalue weighted by molar-refractivity contribution is -0.318. The van der Waals surface area contributed by atoms with Crippen LogP contribution in [0.25, 0.3) is 0 Å². The topological polar surface area (TPSA) is 170 Å². The molecule has 4 saturated heterocycles. The summed E-state index contributed by atoms with van der Waals surface area (Å²) >= 11 is 0. The van der Waals surface area contributed by atoms with Crippen LogP contribution >= 0.6 is 0 Å². The summed E-state index contributed by atoms with van der Waals surface area (Å²) < 4.78 is 64.1. The molecule has 8 rings (SSSR count). The van der Waals surface area contributed by atoms with E-state index in [1.165, 1.54) is 19.3 Å². The quantitative estimate of drug-likeness (QED) is 0.204. The van der Waals surface area contributed by atoms with Crippen LogP contribution in [0.4, 0.5) is 0 Å². The van der Waals surface area contributed by atoms with Crippen LogP contribution in [0.15, 0.2) is 59.3 Å². The molecule has 1 saturated carbocycles. The van der Waals surface area contributed by atoms with Gasteiger partial charge >= 0.3 is 5.97 Å². The Bertz CT molecular complexity index is 1790. The van der Waals surface area contributed by atoms with Gasteiger partial charge in [0.1, 0.15) is 42.0 Å². The highest BCUT2D eigenvalue weighted by Crippen LogP contribution is 2.48. The van der Waals surface area contributed by atoms with Gasteiger partial charge in [0, 0.05) is 51.7 Å². The molecule has 0 aromatic rings.